The Kier molecular flexibility index (Phi) is 6.34. The number of hydrogen-bond acceptors (Lipinski definition) is 3. The summed E-state index contributed by atoms with van der Waals surface area (Å²) in [4.78, 5) is 16.4. The van der Waals surface area contributed by atoms with Gasteiger partial charge in [-0.3, -0.25) is 9.69 Å². The van der Waals surface area contributed by atoms with E-state index in [9.17, 15) is 18.0 Å². The van der Waals surface area contributed by atoms with Crippen molar-refractivity contribution in [3.8, 4) is 5.75 Å². The van der Waals surface area contributed by atoms with Gasteiger partial charge in [-0.05, 0) is 30.7 Å². The number of ether oxygens (including phenoxy) is 1. The SMILES string of the molecule is O=C(c1cccc(F)c1)N1CCCN(Cc2ccccc2OC(F)F)CC1. The predicted octanol–water partition coefficient (Wildman–Crippen LogP) is 3.78. The first kappa shape index (κ1) is 19.2. The highest BCUT2D eigenvalue weighted by atomic mass is 19.3. The molecular weight excluding hydrogens is 357 g/mol. The molecule has 1 heterocycles. The Morgan fingerprint density at radius 2 is 1.85 bits per heavy atom. The lowest BCUT2D eigenvalue weighted by molar-refractivity contribution is -0.0507. The highest BCUT2D eigenvalue weighted by molar-refractivity contribution is 5.94. The molecule has 0 unspecified atom stereocenters. The van der Waals surface area contributed by atoms with E-state index in [1.807, 2.05) is 0 Å². The summed E-state index contributed by atoms with van der Waals surface area (Å²) in [5.41, 5.74) is 1.02. The number of carbonyl (C=O) groups is 1. The van der Waals surface area contributed by atoms with Gasteiger partial charge in [0.05, 0.1) is 0 Å². The molecule has 4 nitrogen and oxygen atoms in total. The molecule has 1 amide bonds. The van der Waals surface area contributed by atoms with Crippen molar-refractivity contribution in [2.24, 2.45) is 0 Å². The molecule has 0 N–H and O–H groups in total. The highest BCUT2D eigenvalue weighted by Gasteiger charge is 2.21. The lowest BCUT2D eigenvalue weighted by Gasteiger charge is -2.23. The molecule has 2 aromatic rings. The summed E-state index contributed by atoms with van der Waals surface area (Å²) in [5, 5.41) is 0. The van der Waals surface area contributed by atoms with Gasteiger partial charge in [-0.1, -0.05) is 24.3 Å². The van der Waals surface area contributed by atoms with E-state index in [-0.39, 0.29) is 11.7 Å². The predicted molar refractivity (Wildman–Crippen MR) is 95.3 cm³/mol. The molecule has 0 bridgehead atoms. The minimum absolute atomic E-state index is 0.171. The molecule has 144 valence electrons. The Labute approximate surface area is 156 Å². The van der Waals surface area contributed by atoms with Crippen LogP contribution in [0.1, 0.15) is 22.3 Å². The molecule has 1 fully saturated rings. The molecule has 2 aromatic carbocycles. The van der Waals surface area contributed by atoms with Gasteiger partial charge in [-0.15, -0.1) is 0 Å². The smallest absolute Gasteiger partial charge is 0.387 e. The Bertz CT molecular complexity index is 785. The van der Waals surface area contributed by atoms with Crippen molar-refractivity contribution in [3.63, 3.8) is 0 Å². The van der Waals surface area contributed by atoms with E-state index in [1.54, 1.807) is 29.2 Å². The van der Waals surface area contributed by atoms with Crippen molar-refractivity contribution >= 4 is 5.91 Å². The van der Waals surface area contributed by atoms with Crippen LogP contribution in [0, 0.1) is 5.82 Å². The van der Waals surface area contributed by atoms with Crippen LogP contribution in [0.25, 0.3) is 0 Å². The lowest BCUT2D eigenvalue weighted by Crippen LogP contribution is -2.35. The molecule has 1 aliphatic heterocycles. The van der Waals surface area contributed by atoms with Gasteiger partial charge >= 0.3 is 6.61 Å². The molecule has 0 aliphatic carbocycles. The first-order chi connectivity index (χ1) is 13.0. The molecule has 0 radical (unpaired) electrons. The van der Waals surface area contributed by atoms with Gasteiger partial charge in [0, 0.05) is 43.9 Å². The normalized spacial score (nSPS) is 15.6. The summed E-state index contributed by atoms with van der Waals surface area (Å²) in [6.45, 7) is -0.00579. The van der Waals surface area contributed by atoms with E-state index >= 15 is 0 Å². The number of rotatable bonds is 5. The Balaban J connectivity index is 1.63. The fourth-order valence-corrected chi connectivity index (χ4v) is 3.22. The van der Waals surface area contributed by atoms with Gasteiger partial charge in [-0.25, -0.2) is 4.39 Å². The summed E-state index contributed by atoms with van der Waals surface area (Å²) in [5.74, 6) is -0.463. The van der Waals surface area contributed by atoms with Gasteiger partial charge in [0.1, 0.15) is 11.6 Å². The van der Waals surface area contributed by atoms with E-state index < -0.39 is 12.4 Å². The zero-order chi connectivity index (χ0) is 19.2. The van der Waals surface area contributed by atoms with Crippen LogP contribution in [0.2, 0.25) is 0 Å². The van der Waals surface area contributed by atoms with E-state index in [2.05, 4.69) is 9.64 Å². The average Bonchev–Trinajstić information content (AvgIpc) is 2.88. The van der Waals surface area contributed by atoms with Crippen molar-refractivity contribution in [3.05, 3.63) is 65.5 Å². The fraction of sp³-hybridized carbons (Fsp3) is 0.350. The van der Waals surface area contributed by atoms with Crippen LogP contribution >= 0.6 is 0 Å². The van der Waals surface area contributed by atoms with Crippen molar-refractivity contribution < 1.29 is 22.7 Å². The summed E-state index contributed by atoms with van der Waals surface area (Å²) >= 11 is 0. The number of hydrogen-bond donors (Lipinski definition) is 0. The lowest BCUT2D eigenvalue weighted by atomic mass is 10.2. The number of carbonyl (C=O) groups excluding carboxylic acids is 1. The summed E-state index contributed by atoms with van der Waals surface area (Å²) in [7, 11) is 0. The van der Waals surface area contributed by atoms with E-state index in [1.165, 1.54) is 24.3 Å². The van der Waals surface area contributed by atoms with Crippen molar-refractivity contribution in [2.45, 2.75) is 19.6 Å². The van der Waals surface area contributed by atoms with Gasteiger partial charge in [0.15, 0.2) is 0 Å². The standard InChI is InChI=1S/C20H21F3N2O2/c21-17-7-3-6-15(13-17)19(26)25-10-4-9-24(11-12-25)14-16-5-1-2-8-18(16)27-20(22)23/h1-3,5-8,13,20H,4,9-12,14H2. The molecule has 1 saturated heterocycles. The minimum Gasteiger partial charge on any atom is -0.434 e. The molecule has 3 rings (SSSR count). The van der Waals surface area contributed by atoms with Crippen LogP contribution in [0.15, 0.2) is 48.5 Å². The van der Waals surface area contributed by atoms with E-state index in [0.717, 1.165) is 13.0 Å². The Hall–Kier alpha value is -2.54. The molecule has 27 heavy (non-hydrogen) atoms. The van der Waals surface area contributed by atoms with Crippen LogP contribution in [-0.2, 0) is 6.54 Å². The Morgan fingerprint density at radius 3 is 2.63 bits per heavy atom. The van der Waals surface area contributed by atoms with E-state index in [4.69, 9.17) is 0 Å². The van der Waals surface area contributed by atoms with E-state index in [0.29, 0.717) is 37.3 Å². The summed E-state index contributed by atoms with van der Waals surface area (Å²) in [6.07, 6.45) is 0.749. The van der Waals surface area contributed by atoms with Crippen molar-refractivity contribution in [1.82, 2.24) is 9.80 Å². The molecule has 7 heteroatoms. The first-order valence-electron chi connectivity index (χ1n) is 8.83. The second-order valence-corrected chi connectivity index (χ2v) is 6.42. The average molecular weight is 378 g/mol. The zero-order valence-corrected chi connectivity index (χ0v) is 14.8. The van der Waals surface area contributed by atoms with Crippen LogP contribution < -0.4 is 4.74 Å². The van der Waals surface area contributed by atoms with Crippen LogP contribution in [-0.4, -0.2) is 48.5 Å². The van der Waals surface area contributed by atoms with Crippen LogP contribution in [0.5, 0.6) is 5.75 Å². The molecule has 0 aromatic heterocycles. The number of benzene rings is 2. The topological polar surface area (TPSA) is 32.8 Å². The third kappa shape index (κ3) is 5.23. The van der Waals surface area contributed by atoms with Gasteiger partial charge in [0.2, 0.25) is 0 Å². The maximum Gasteiger partial charge on any atom is 0.387 e. The molecule has 0 atom stereocenters. The maximum atomic E-state index is 13.4. The number of alkyl halides is 2. The fourth-order valence-electron chi connectivity index (χ4n) is 3.22. The number of halogens is 3. The van der Waals surface area contributed by atoms with Crippen LogP contribution in [0.3, 0.4) is 0 Å². The van der Waals surface area contributed by atoms with Crippen molar-refractivity contribution in [2.75, 3.05) is 26.2 Å². The first-order valence-corrected chi connectivity index (χ1v) is 8.83. The van der Waals surface area contributed by atoms with Gasteiger partial charge in [0.25, 0.3) is 5.91 Å². The summed E-state index contributed by atoms with van der Waals surface area (Å²) < 4.78 is 43.1. The second-order valence-electron chi connectivity index (χ2n) is 6.42. The monoisotopic (exact) mass is 378 g/mol. The minimum atomic E-state index is -2.87. The maximum absolute atomic E-state index is 13.4. The van der Waals surface area contributed by atoms with Crippen molar-refractivity contribution in [1.29, 1.82) is 0 Å². The Morgan fingerprint density at radius 1 is 1.04 bits per heavy atom. The molecular formula is C20H21F3N2O2. The molecule has 0 saturated carbocycles. The number of para-hydroxylation sites is 1. The number of amides is 1. The second kappa shape index (κ2) is 8.90. The third-order valence-corrected chi connectivity index (χ3v) is 4.53. The quantitative estimate of drug-likeness (QED) is 0.794. The molecule has 0 spiro atoms. The number of nitrogens with zero attached hydrogens (tertiary/aromatic N) is 2. The molecule has 1 aliphatic rings. The highest BCUT2D eigenvalue weighted by Crippen LogP contribution is 2.22. The van der Waals surface area contributed by atoms with Crippen LogP contribution in [0.4, 0.5) is 13.2 Å². The summed E-state index contributed by atoms with van der Waals surface area (Å²) in [6, 6.07) is 12.4. The third-order valence-electron chi connectivity index (χ3n) is 4.53. The van der Waals surface area contributed by atoms with Gasteiger partial charge < -0.3 is 9.64 Å². The zero-order valence-electron chi connectivity index (χ0n) is 14.8. The largest absolute Gasteiger partial charge is 0.434 e. The van der Waals surface area contributed by atoms with Gasteiger partial charge in [-0.2, -0.15) is 8.78 Å².